The number of carbonyl (C=O) groups excluding carboxylic acids is 1. The summed E-state index contributed by atoms with van der Waals surface area (Å²) < 4.78 is 8.60. The normalized spacial score (nSPS) is 23.9. The summed E-state index contributed by atoms with van der Waals surface area (Å²) in [7, 11) is 1.64. The van der Waals surface area contributed by atoms with Crippen molar-refractivity contribution in [3.63, 3.8) is 0 Å². The monoisotopic (exact) mass is 390 g/mol. The molecule has 2 saturated carbocycles. The number of likely N-dealkylation sites (tertiary alicyclic amines) is 1. The molecule has 3 fully saturated rings. The van der Waals surface area contributed by atoms with Gasteiger partial charge in [-0.15, -0.1) is 0 Å². The first kappa shape index (κ1) is 19.7. The minimum atomic E-state index is -0.0137. The fourth-order valence-corrected chi connectivity index (χ4v) is 4.90. The van der Waals surface area contributed by atoms with Gasteiger partial charge in [-0.3, -0.25) is 9.36 Å². The molecule has 7 heteroatoms. The highest BCUT2D eigenvalue weighted by Gasteiger charge is 2.35. The molecule has 0 radical (unpaired) electrons. The van der Waals surface area contributed by atoms with Gasteiger partial charge in [-0.2, -0.15) is 5.10 Å². The number of aromatic nitrogens is 3. The van der Waals surface area contributed by atoms with Crippen LogP contribution in [0.4, 0.5) is 0 Å². The second-order valence-corrected chi connectivity index (χ2v) is 8.84. The highest BCUT2D eigenvalue weighted by Crippen LogP contribution is 2.37. The van der Waals surface area contributed by atoms with Crippen molar-refractivity contribution in [2.75, 3.05) is 26.8 Å². The van der Waals surface area contributed by atoms with Crippen LogP contribution in [0, 0.1) is 5.92 Å². The van der Waals surface area contributed by atoms with E-state index in [2.05, 4.69) is 0 Å². The molecule has 7 nitrogen and oxygen atoms in total. The number of methoxy groups -OCH3 is 1. The van der Waals surface area contributed by atoms with Crippen molar-refractivity contribution >= 4 is 5.91 Å². The lowest BCUT2D eigenvalue weighted by Crippen LogP contribution is -2.40. The molecule has 1 saturated heterocycles. The Morgan fingerprint density at radius 2 is 1.89 bits per heavy atom. The van der Waals surface area contributed by atoms with Gasteiger partial charge < -0.3 is 9.64 Å². The Morgan fingerprint density at radius 1 is 1.11 bits per heavy atom. The molecule has 1 aromatic heterocycles. The number of rotatable bonds is 7. The Hall–Kier alpha value is -1.63. The summed E-state index contributed by atoms with van der Waals surface area (Å²) in [6, 6.07) is 0.298. The predicted octanol–water partition coefficient (Wildman–Crippen LogP) is 2.70. The van der Waals surface area contributed by atoms with E-state index in [0.29, 0.717) is 44.0 Å². The van der Waals surface area contributed by atoms with Gasteiger partial charge in [-0.25, -0.2) is 9.48 Å². The molecule has 1 aromatic rings. The summed E-state index contributed by atoms with van der Waals surface area (Å²) in [5.74, 6) is 1.93. The summed E-state index contributed by atoms with van der Waals surface area (Å²) in [5, 5.41) is 4.69. The summed E-state index contributed by atoms with van der Waals surface area (Å²) in [5.41, 5.74) is -0.0137. The Bertz CT molecular complexity index is 730. The average Bonchev–Trinajstić information content (AvgIpc) is 3.50. The predicted molar refractivity (Wildman–Crippen MR) is 106 cm³/mol. The van der Waals surface area contributed by atoms with Crippen molar-refractivity contribution < 1.29 is 9.53 Å². The van der Waals surface area contributed by atoms with Gasteiger partial charge in [0, 0.05) is 38.6 Å². The van der Waals surface area contributed by atoms with Gasteiger partial charge in [-0.05, 0) is 44.4 Å². The minimum absolute atomic E-state index is 0.0137. The fourth-order valence-electron chi connectivity index (χ4n) is 4.90. The van der Waals surface area contributed by atoms with E-state index in [1.807, 2.05) is 9.47 Å². The van der Waals surface area contributed by atoms with Crippen LogP contribution in [-0.4, -0.2) is 52.0 Å². The summed E-state index contributed by atoms with van der Waals surface area (Å²) in [4.78, 5) is 27.8. The Kier molecular flexibility index (Phi) is 6.19. The minimum Gasteiger partial charge on any atom is -0.383 e. The maximum atomic E-state index is 12.9. The standard InChI is InChI=1S/C21H34N4O3/c1-28-13-12-24-21(27)25(18-9-10-18)20(22-24)17-8-5-11-23(15-17)19(26)14-16-6-3-2-4-7-16/h16-18H,2-15H2,1H3. The van der Waals surface area contributed by atoms with E-state index < -0.39 is 0 Å². The zero-order chi connectivity index (χ0) is 19.5. The van der Waals surface area contributed by atoms with Crippen molar-refractivity contribution in [2.45, 2.75) is 82.7 Å². The molecular formula is C21H34N4O3. The molecule has 0 aromatic carbocycles. The number of amides is 1. The number of piperidine rings is 1. The lowest BCUT2D eigenvalue weighted by atomic mass is 9.86. The zero-order valence-corrected chi connectivity index (χ0v) is 17.1. The van der Waals surface area contributed by atoms with Crippen LogP contribution in [0.5, 0.6) is 0 Å². The van der Waals surface area contributed by atoms with E-state index in [9.17, 15) is 9.59 Å². The van der Waals surface area contributed by atoms with Crippen LogP contribution in [0.25, 0.3) is 0 Å². The first-order valence-electron chi connectivity index (χ1n) is 11.1. The molecule has 4 rings (SSSR count). The summed E-state index contributed by atoms with van der Waals surface area (Å²) in [6.07, 6.45) is 11.1. The SMILES string of the molecule is COCCn1nc(C2CCCN(C(=O)CC3CCCCC3)C2)n(C2CC2)c1=O. The maximum absolute atomic E-state index is 12.9. The van der Waals surface area contributed by atoms with Crippen molar-refractivity contribution in [3.05, 3.63) is 16.3 Å². The highest BCUT2D eigenvalue weighted by molar-refractivity contribution is 5.76. The second kappa shape index (κ2) is 8.80. The van der Waals surface area contributed by atoms with Crippen molar-refractivity contribution in [1.82, 2.24) is 19.2 Å². The van der Waals surface area contributed by atoms with E-state index in [4.69, 9.17) is 9.84 Å². The number of carbonyl (C=O) groups is 1. The molecule has 1 aliphatic heterocycles. The van der Waals surface area contributed by atoms with Crippen LogP contribution in [0.1, 0.15) is 82.0 Å². The Labute approximate surface area is 167 Å². The third-order valence-corrected chi connectivity index (χ3v) is 6.64. The van der Waals surface area contributed by atoms with Crippen LogP contribution in [0.3, 0.4) is 0 Å². The van der Waals surface area contributed by atoms with Gasteiger partial charge in [0.1, 0.15) is 5.82 Å². The van der Waals surface area contributed by atoms with Gasteiger partial charge in [0.05, 0.1) is 13.2 Å². The molecule has 0 bridgehead atoms. The molecule has 0 N–H and O–H groups in total. The largest absolute Gasteiger partial charge is 0.383 e. The molecule has 156 valence electrons. The summed E-state index contributed by atoms with van der Waals surface area (Å²) >= 11 is 0. The molecule has 1 unspecified atom stereocenters. The van der Waals surface area contributed by atoms with Crippen LogP contribution in [0.2, 0.25) is 0 Å². The molecule has 0 spiro atoms. The van der Waals surface area contributed by atoms with Crippen molar-refractivity contribution in [2.24, 2.45) is 5.92 Å². The van der Waals surface area contributed by atoms with Crippen LogP contribution in [-0.2, 0) is 16.1 Å². The Balaban J connectivity index is 1.46. The lowest BCUT2D eigenvalue weighted by Gasteiger charge is -2.33. The number of ether oxygens (including phenoxy) is 1. The maximum Gasteiger partial charge on any atom is 0.346 e. The zero-order valence-electron chi connectivity index (χ0n) is 17.1. The average molecular weight is 391 g/mol. The number of hydrogen-bond acceptors (Lipinski definition) is 4. The molecule has 2 aliphatic carbocycles. The molecule has 28 heavy (non-hydrogen) atoms. The molecule has 1 amide bonds. The second-order valence-electron chi connectivity index (χ2n) is 8.84. The summed E-state index contributed by atoms with van der Waals surface area (Å²) in [6.45, 7) is 2.52. The van der Waals surface area contributed by atoms with Crippen LogP contribution in [0.15, 0.2) is 4.79 Å². The van der Waals surface area contributed by atoms with Crippen LogP contribution >= 0.6 is 0 Å². The molecule has 2 heterocycles. The van der Waals surface area contributed by atoms with E-state index in [-0.39, 0.29) is 11.6 Å². The number of nitrogens with zero attached hydrogens (tertiary/aromatic N) is 4. The number of hydrogen-bond donors (Lipinski definition) is 0. The lowest BCUT2D eigenvalue weighted by molar-refractivity contribution is -0.133. The topological polar surface area (TPSA) is 69.4 Å². The van der Waals surface area contributed by atoms with Gasteiger partial charge in [0.15, 0.2) is 0 Å². The van der Waals surface area contributed by atoms with Gasteiger partial charge in [-0.1, -0.05) is 19.3 Å². The van der Waals surface area contributed by atoms with Crippen LogP contribution < -0.4 is 5.69 Å². The van der Waals surface area contributed by atoms with E-state index in [1.54, 1.807) is 11.8 Å². The first-order chi connectivity index (χ1) is 13.7. The molecule has 1 atom stereocenters. The third-order valence-electron chi connectivity index (χ3n) is 6.64. The van der Waals surface area contributed by atoms with Crippen molar-refractivity contribution in [3.8, 4) is 0 Å². The molecule has 3 aliphatic rings. The third kappa shape index (κ3) is 4.34. The Morgan fingerprint density at radius 3 is 2.61 bits per heavy atom. The van der Waals surface area contributed by atoms with E-state index in [0.717, 1.165) is 38.1 Å². The molecular weight excluding hydrogens is 356 g/mol. The highest BCUT2D eigenvalue weighted by atomic mass is 16.5. The fraction of sp³-hybridized carbons (Fsp3) is 0.857. The smallest absolute Gasteiger partial charge is 0.346 e. The van der Waals surface area contributed by atoms with Gasteiger partial charge in [0.2, 0.25) is 5.91 Å². The van der Waals surface area contributed by atoms with E-state index in [1.165, 1.54) is 32.1 Å². The first-order valence-corrected chi connectivity index (χ1v) is 11.1. The quantitative estimate of drug-likeness (QED) is 0.718. The van der Waals surface area contributed by atoms with Gasteiger partial charge >= 0.3 is 5.69 Å². The van der Waals surface area contributed by atoms with E-state index >= 15 is 0 Å². The van der Waals surface area contributed by atoms with Crippen molar-refractivity contribution in [1.29, 1.82) is 0 Å². The van der Waals surface area contributed by atoms with Gasteiger partial charge in [0.25, 0.3) is 0 Å².